The van der Waals surface area contributed by atoms with Crippen LogP contribution in [0.25, 0.3) is 0 Å². The van der Waals surface area contributed by atoms with Gasteiger partial charge in [0.1, 0.15) is 5.82 Å². The third kappa shape index (κ3) is 4.79. The molecular weight excluding hydrogens is 329 g/mol. The summed E-state index contributed by atoms with van der Waals surface area (Å²) in [6, 6.07) is 12.3. The van der Waals surface area contributed by atoms with Crippen LogP contribution in [0, 0.1) is 12.7 Å². The van der Waals surface area contributed by atoms with Crippen molar-refractivity contribution in [1.29, 1.82) is 0 Å². The van der Waals surface area contributed by atoms with Crippen molar-refractivity contribution in [1.82, 2.24) is 5.32 Å². The first-order valence-electron chi connectivity index (χ1n) is 7.85. The first-order chi connectivity index (χ1) is 11.4. The number of carbonyl (C=O) groups excluding carboxylic acids is 1. The molecule has 2 N–H and O–H groups in total. The minimum absolute atomic E-state index is 0.0181. The van der Waals surface area contributed by atoms with Crippen molar-refractivity contribution in [3.63, 3.8) is 0 Å². The second-order valence-electron chi connectivity index (χ2n) is 5.98. The largest absolute Gasteiger partial charge is 0.393 e. The van der Waals surface area contributed by atoms with Gasteiger partial charge in [-0.1, -0.05) is 41.9 Å². The minimum Gasteiger partial charge on any atom is -0.393 e. The summed E-state index contributed by atoms with van der Waals surface area (Å²) in [5, 5.41) is 12.6. The zero-order chi connectivity index (χ0) is 17.7. The molecule has 128 valence electrons. The molecule has 0 aromatic heterocycles. The van der Waals surface area contributed by atoms with Gasteiger partial charge in [0.15, 0.2) is 0 Å². The Morgan fingerprint density at radius 1 is 1.29 bits per heavy atom. The Hall–Kier alpha value is -1.91. The maximum absolute atomic E-state index is 13.5. The van der Waals surface area contributed by atoms with Gasteiger partial charge in [-0.25, -0.2) is 4.39 Å². The molecule has 0 saturated heterocycles. The highest BCUT2D eigenvalue weighted by Crippen LogP contribution is 2.23. The number of nitrogens with one attached hydrogen (secondary N) is 1. The van der Waals surface area contributed by atoms with E-state index in [1.807, 2.05) is 30.3 Å². The fourth-order valence-corrected chi connectivity index (χ4v) is 2.85. The van der Waals surface area contributed by atoms with Crippen LogP contribution in [0.1, 0.15) is 40.7 Å². The van der Waals surface area contributed by atoms with E-state index in [9.17, 15) is 14.3 Å². The van der Waals surface area contributed by atoms with E-state index in [-0.39, 0.29) is 22.4 Å². The van der Waals surface area contributed by atoms with E-state index in [0.29, 0.717) is 18.5 Å². The van der Waals surface area contributed by atoms with Gasteiger partial charge in [0, 0.05) is 12.5 Å². The lowest BCUT2D eigenvalue weighted by Gasteiger charge is -2.20. The molecule has 2 aromatic rings. The van der Waals surface area contributed by atoms with Gasteiger partial charge in [0.05, 0.1) is 16.7 Å². The average molecular weight is 350 g/mol. The van der Waals surface area contributed by atoms with E-state index in [0.717, 1.165) is 11.6 Å². The lowest BCUT2D eigenvalue weighted by molar-refractivity contribution is 0.0945. The van der Waals surface area contributed by atoms with Gasteiger partial charge < -0.3 is 10.4 Å². The number of aliphatic hydroxyl groups is 1. The number of carbonyl (C=O) groups is 1. The molecule has 0 saturated carbocycles. The maximum atomic E-state index is 13.5. The summed E-state index contributed by atoms with van der Waals surface area (Å²) >= 11 is 5.97. The van der Waals surface area contributed by atoms with Crippen LogP contribution in [-0.4, -0.2) is 23.7 Å². The van der Waals surface area contributed by atoms with Crippen LogP contribution in [0.5, 0.6) is 0 Å². The van der Waals surface area contributed by atoms with Crippen LogP contribution >= 0.6 is 11.6 Å². The number of hydrogen-bond donors (Lipinski definition) is 2. The molecule has 0 fully saturated rings. The normalized spacial score (nSPS) is 13.4. The maximum Gasteiger partial charge on any atom is 0.252 e. The molecule has 2 unspecified atom stereocenters. The Morgan fingerprint density at radius 2 is 1.96 bits per heavy atom. The van der Waals surface area contributed by atoms with Crippen molar-refractivity contribution in [2.75, 3.05) is 6.54 Å². The topological polar surface area (TPSA) is 49.3 Å². The molecule has 2 atom stereocenters. The number of rotatable bonds is 6. The number of amides is 1. The lowest BCUT2D eigenvalue weighted by Crippen LogP contribution is -2.30. The molecule has 5 heteroatoms. The predicted molar refractivity (Wildman–Crippen MR) is 94.0 cm³/mol. The standard InChI is InChI=1S/C19H21ClFNO2/c1-12-8-16(17(20)10-18(12)21)19(24)22-11-15(9-13(2)23)14-6-4-3-5-7-14/h3-8,10,13,15,23H,9,11H2,1-2H3,(H,22,24). The lowest BCUT2D eigenvalue weighted by atomic mass is 9.93. The molecule has 24 heavy (non-hydrogen) atoms. The summed E-state index contributed by atoms with van der Waals surface area (Å²) in [5.41, 5.74) is 1.66. The first kappa shape index (κ1) is 18.4. The van der Waals surface area contributed by atoms with E-state index >= 15 is 0 Å². The summed E-state index contributed by atoms with van der Waals surface area (Å²) < 4.78 is 13.5. The second kappa shape index (κ2) is 8.27. The molecule has 1 amide bonds. The molecule has 0 aliphatic carbocycles. The molecule has 3 nitrogen and oxygen atoms in total. The van der Waals surface area contributed by atoms with Crippen LogP contribution in [0.3, 0.4) is 0 Å². The van der Waals surface area contributed by atoms with Crippen LogP contribution in [0.2, 0.25) is 5.02 Å². The van der Waals surface area contributed by atoms with E-state index < -0.39 is 11.9 Å². The Morgan fingerprint density at radius 3 is 2.58 bits per heavy atom. The van der Waals surface area contributed by atoms with Crippen LogP contribution in [0.15, 0.2) is 42.5 Å². The molecule has 0 aliphatic rings. The zero-order valence-electron chi connectivity index (χ0n) is 13.7. The third-order valence-corrected chi connectivity index (χ3v) is 4.21. The van der Waals surface area contributed by atoms with E-state index in [1.165, 1.54) is 6.07 Å². The minimum atomic E-state index is -0.483. The molecular formula is C19H21ClFNO2. The fourth-order valence-electron chi connectivity index (χ4n) is 2.62. The molecule has 0 radical (unpaired) electrons. The summed E-state index contributed by atoms with van der Waals surface area (Å²) in [4.78, 5) is 12.4. The average Bonchev–Trinajstić information content (AvgIpc) is 2.55. The van der Waals surface area contributed by atoms with Crippen LogP contribution < -0.4 is 5.32 Å². The zero-order valence-corrected chi connectivity index (χ0v) is 14.5. The summed E-state index contributed by atoms with van der Waals surface area (Å²) in [7, 11) is 0. The second-order valence-corrected chi connectivity index (χ2v) is 6.39. The van der Waals surface area contributed by atoms with Gasteiger partial charge in [0.25, 0.3) is 5.91 Å². The highest BCUT2D eigenvalue weighted by atomic mass is 35.5. The van der Waals surface area contributed by atoms with Gasteiger partial charge >= 0.3 is 0 Å². The Bertz CT molecular complexity index is 704. The van der Waals surface area contributed by atoms with Crippen LogP contribution in [-0.2, 0) is 0 Å². The Kier molecular flexibility index (Phi) is 6.35. The van der Waals surface area contributed by atoms with Crippen molar-refractivity contribution in [2.24, 2.45) is 0 Å². The Labute approximate surface area is 146 Å². The smallest absolute Gasteiger partial charge is 0.252 e. The van der Waals surface area contributed by atoms with Gasteiger partial charge in [-0.2, -0.15) is 0 Å². The third-order valence-electron chi connectivity index (χ3n) is 3.90. The van der Waals surface area contributed by atoms with Crippen molar-refractivity contribution in [3.05, 3.63) is 70.0 Å². The number of halogens is 2. The van der Waals surface area contributed by atoms with Gasteiger partial charge in [-0.15, -0.1) is 0 Å². The monoisotopic (exact) mass is 349 g/mol. The first-order valence-corrected chi connectivity index (χ1v) is 8.23. The van der Waals surface area contributed by atoms with Gasteiger partial charge in [-0.3, -0.25) is 4.79 Å². The van der Waals surface area contributed by atoms with Crippen molar-refractivity contribution in [3.8, 4) is 0 Å². The molecule has 2 rings (SSSR count). The number of aliphatic hydroxyl groups excluding tert-OH is 1. The molecule has 0 heterocycles. The van der Waals surface area contributed by atoms with E-state index in [1.54, 1.807) is 13.8 Å². The van der Waals surface area contributed by atoms with Crippen molar-refractivity contribution >= 4 is 17.5 Å². The predicted octanol–water partition coefficient (Wildman–Crippen LogP) is 4.07. The van der Waals surface area contributed by atoms with Crippen LogP contribution in [0.4, 0.5) is 4.39 Å². The van der Waals surface area contributed by atoms with E-state index in [2.05, 4.69) is 5.32 Å². The summed E-state index contributed by atoms with van der Waals surface area (Å²) in [6.45, 7) is 3.67. The molecule has 0 spiro atoms. The highest BCUT2D eigenvalue weighted by molar-refractivity contribution is 6.33. The number of aryl methyl sites for hydroxylation is 1. The SMILES string of the molecule is Cc1cc(C(=O)NCC(CC(C)O)c2ccccc2)c(Cl)cc1F. The van der Waals surface area contributed by atoms with Gasteiger partial charge in [0.2, 0.25) is 0 Å². The van der Waals surface area contributed by atoms with Crippen molar-refractivity contribution < 1.29 is 14.3 Å². The van der Waals surface area contributed by atoms with Gasteiger partial charge in [-0.05, 0) is 43.5 Å². The summed E-state index contributed by atoms with van der Waals surface area (Å²) in [6.07, 6.45) is 0.0456. The fraction of sp³-hybridized carbons (Fsp3) is 0.316. The molecule has 2 aromatic carbocycles. The quantitative estimate of drug-likeness (QED) is 0.825. The van der Waals surface area contributed by atoms with Crippen molar-refractivity contribution in [2.45, 2.75) is 32.3 Å². The summed E-state index contributed by atoms with van der Waals surface area (Å²) in [5.74, 6) is -0.807. The molecule has 0 bridgehead atoms. The highest BCUT2D eigenvalue weighted by Gasteiger charge is 2.18. The molecule has 0 aliphatic heterocycles. The number of hydrogen-bond acceptors (Lipinski definition) is 2. The number of benzene rings is 2. The van der Waals surface area contributed by atoms with E-state index in [4.69, 9.17) is 11.6 Å². The Balaban J connectivity index is 2.11.